The lowest BCUT2D eigenvalue weighted by molar-refractivity contribution is -0.142. The summed E-state index contributed by atoms with van der Waals surface area (Å²) < 4.78 is 38.9. The molecule has 0 rings (SSSR count). The molecule has 0 saturated carbocycles. The molecule has 0 N–H and O–H groups in total. The van der Waals surface area contributed by atoms with Gasteiger partial charge in [-0.1, -0.05) is 11.8 Å². The molecule has 72 valence electrons. The van der Waals surface area contributed by atoms with E-state index < -0.39 is 11.5 Å². The molecular weight excluding hydrogens is 193 g/mol. The number of esters is 1. The summed E-state index contributed by atoms with van der Waals surface area (Å²) in [6, 6.07) is 0. The number of hydrogen-bond acceptors (Lipinski definition) is 3. The van der Waals surface area contributed by atoms with Gasteiger partial charge in [-0.05, 0) is 6.92 Å². The first-order chi connectivity index (χ1) is 5.45. The molecule has 0 fully saturated rings. The third kappa shape index (κ3) is 7.71. The SMILES string of the molecule is CCOC(=O)CCSC(F)(F)F. The van der Waals surface area contributed by atoms with Crippen molar-refractivity contribution < 1.29 is 22.7 Å². The fraction of sp³-hybridized carbons (Fsp3) is 0.833. The maximum atomic E-state index is 11.5. The molecule has 0 atom stereocenters. The lowest BCUT2D eigenvalue weighted by Gasteiger charge is -2.04. The Morgan fingerprint density at radius 1 is 1.50 bits per heavy atom. The van der Waals surface area contributed by atoms with Crippen molar-refractivity contribution in [3.8, 4) is 0 Å². The normalized spacial score (nSPS) is 11.3. The minimum Gasteiger partial charge on any atom is -0.466 e. The first-order valence-electron chi connectivity index (χ1n) is 3.32. The highest BCUT2D eigenvalue weighted by Gasteiger charge is 2.27. The monoisotopic (exact) mass is 202 g/mol. The molecule has 0 aliphatic heterocycles. The highest BCUT2D eigenvalue weighted by atomic mass is 32.2. The molecule has 0 aromatic rings. The lowest BCUT2D eigenvalue weighted by Crippen LogP contribution is -2.08. The topological polar surface area (TPSA) is 26.3 Å². The van der Waals surface area contributed by atoms with Crippen LogP contribution in [0.5, 0.6) is 0 Å². The fourth-order valence-electron chi connectivity index (χ4n) is 0.483. The predicted octanol–water partition coefficient (Wildman–Crippen LogP) is 2.19. The Morgan fingerprint density at radius 3 is 2.50 bits per heavy atom. The van der Waals surface area contributed by atoms with Gasteiger partial charge in [0.1, 0.15) is 0 Å². The van der Waals surface area contributed by atoms with Gasteiger partial charge in [0, 0.05) is 5.75 Å². The van der Waals surface area contributed by atoms with Gasteiger partial charge in [0.05, 0.1) is 13.0 Å². The third-order valence-electron chi connectivity index (χ3n) is 0.877. The average molecular weight is 202 g/mol. The highest BCUT2D eigenvalue weighted by Crippen LogP contribution is 2.30. The van der Waals surface area contributed by atoms with E-state index in [9.17, 15) is 18.0 Å². The van der Waals surface area contributed by atoms with Crippen LogP contribution in [-0.4, -0.2) is 23.8 Å². The number of carbonyl (C=O) groups excluding carboxylic acids is 1. The number of rotatable bonds is 4. The van der Waals surface area contributed by atoms with Crippen LogP contribution in [0.1, 0.15) is 13.3 Å². The molecule has 0 radical (unpaired) electrons. The van der Waals surface area contributed by atoms with Crippen molar-refractivity contribution in [3.63, 3.8) is 0 Å². The molecule has 0 bridgehead atoms. The zero-order valence-corrected chi connectivity index (χ0v) is 7.30. The minimum atomic E-state index is -4.26. The van der Waals surface area contributed by atoms with Crippen molar-refractivity contribution in [3.05, 3.63) is 0 Å². The molecule has 6 heteroatoms. The van der Waals surface area contributed by atoms with Crippen molar-refractivity contribution in [2.45, 2.75) is 18.9 Å². The van der Waals surface area contributed by atoms with E-state index in [1.807, 2.05) is 0 Å². The van der Waals surface area contributed by atoms with Gasteiger partial charge in [0.15, 0.2) is 0 Å². The van der Waals surface area contributed by atoms with E-state index in [2.05, 4.69) is 4.74 Å². The van der Waals surface area contributed by atoms with Crippen LogP contribution >= 0.6 is 11.8 Å². The van der Waals surface area contributed by atoms with Gasteiger partial charge in [0.2, 0.25) is 0 Å². The number of alkyl halides is 3. The van der Waals surface area contributed by atoms with Crippen molar-refractivity contribution in [1.29, 1.82) is 0 Å². The van der Waals surface area contributed by atoms with E-state index >= 15 is 0 Å². The van der Waals surface area contributed by atoms with E-state index in [0.717, 1.165) is 0 Å². The minimum absolute atomic E-state index is 0.196. The Balaban J connectivity index is 3.37. The molecular formula is C6H9F3O2S. The molecule has 2 nitrogen and oxygen atoms in total. The molecule has 0 aliphatic carbocycles. The Hall–Kier alpha value is -0.390. The second-order valence-electron chi connectivity index (χ2n) is 1.85. The van der Waals surface area contributed by atoms with Gasteiger partial charge < -0.3 is 4.74 Å². The molecule has 12 heavy (non-hydrogen) atoms. The number of hydrogen-bond donors (Lipinski definition) is 0. The van der Waals surface area contributed by atoms with Crippen molar-refractivity contribution in [1.82, 2.24) is 0 Å². The number of thioether (sulfide) groups is 1. The Kier molecular flexibility index (Phi) is 5.12. The summed E-state index contributed by atoms with van der Waals surface area (Å²) in [4.78, 5) is 10.5. The van der Waals surface area contributed by atoms with Crippen molar-refractivity contribution in [2.75, 3.05) is 12.4 Å². The summed E-state index contributed by atoms with van der Waals surface area (Å²) in [5.41, 5.74) is -4.26. The summed E-state index contributed by atoms with van der Waals surface area (Å²) in [6.45, 7) is 1.81. The molecule has 0 saturated heterocycles. The quantitative estimate of drug-likeness (QED) is 0.653. The Labute approximate surface area is 72.5 Å². The third-order valence-corrected chi connectivity index (χ3v) is 1.61. The van der Waals surface area contributed by atoms with E-state index in [4.69, 9.17) is 0 Å². The van der Waals surface area contributed by atoms with Gasteiger partial charge in [-0.25, -0.2) is 0 Å². The van der Waals surface area contributed by atoms with E-state index in [-0.39, 0.29) is 30.5 Å². The van der Waals surface area contributed by atoms with Gasteiger partial charge in [-0.15, -0.1) is 0 Å². The standard InChI is InChI=1S/C6H9F3O2S/c1-2-11-5(10)3-4-12-6(7,8)9/h2-4H2,1H3. The van der Waals surface area contributed by atoms with Gasteiger partial charge in [0.25, 0.3) is 0 Å². The van der Waals surface area contributed by atoms with Crippen molar-refractivity contribution >= 4 is 17.7 Å². The summed E-state index contributed by atoms with van der Waals surface area (Å²) >= 11 is -0.213. The predicted molar refractivity (Wildman–Crippen MR) is 39.8 cm³/mol. The summed E-state index contributed by atoms with van der Waals surface area (Å²) in [6.07, 6.45) is -0.196. The first kappa shape index (κ1) is 11.6. The number of halogens is 3. The van der Waals surface area contributed by atoms with Gasteiger partial charge >= 0.3 is 11.5 Å². The van der Waals surface area contributed by atoms with Crippen LogP contribution in [-0.2, 0) is 9.53 Å². The lowest BCUT2D eigenvalue weighted by atomic mass is 10.5. The van der Waals surface area contributed by atoms with Crippen LogP contribution in [0.3, 0.4) is 0 Å². The summed E-state index contributed by atoms with van der Waals surface area (Å²) in [5.74, 6) is -0.864. The molecule has 0 aromatic carbocycles. The second kappa shape index (κ2) is 5.29. The zero-order chi connectivity index (χ0) is 9.61. The number of carbonyl (C=O) groups is 1. The largest absolute Gasteiger partial charge is 0.466 e. The van der Waals surface area contributed by atoms with E-state index in [0.29, 0.717) is 0 Å². The molecule has 0 aliphatic rings. The van der Waals surface area contributed by atoms with Gasteiger partial charge in [-0.3, -0.25) is 4.79 Å². The fourth-order valence-corrected chi connectivity index (χ4v) is 0.983. The van der Waals surface area contributed by atoms with Crippen molar-refractivity contribution in [2.24, 2.45) is 0 Å². The van der Waals surface area contributed by atoms with Crippen LogP contribution in [0.4, 0.5) is 13.2 Å². The van der Waals surface area contributed by atoms with E-state index in [1.54, 1.807) is 6.92 Å². The van der Waals surface area contributed by atoms with Crippen LogP contribution < -0.4 is 0 Å². The molecule has 0 amide bonds. The van der Waals surface area contributed by atoms with E-state index in [1.165, 1.54) is 0 Å². The highest BCUT2D eigenvalue weighted by molar-refractivity contribution is 8.00. The summed E-state index contributed by atoms with van der Waals surface area (Å²) in [7, 11) is 0. The van der Waals surface area contributed by atoms with Crippen LogP contribution in [0.2, 0.25) is 0 Å². The summed E-state index contributed by atoms with van der Waals surface area (Å²) in [5, 5.41) is 0. The Bertz CT molecular complexity index is 146. The van der Waals surface area contributed by atoms with Crippen LogP contribution in [0.15, 0.2) is 0 Å². The smallest absolute Gasteiger partial charge is 0.441 e. The van der Waals surface area contributed by atoms with Gasteiger partial charge in [-0.2, -0.15) is 13.2 Å². The Morgan fingerprint density at radius 2 is 2.08 bits per heavy atom. The maximum absolute atomic E-state index is 11.5. The van der Waals surface area contributed by atoms with Crippen LogP contribution in [0.25, 0.3) is 0 Å². The zero-order valence-electron chi connectivity index (χ0n) is 6.48. The molecule has 0 spiro atoms. The number of ether oxygens (including phenoxy) is 1. The maximum Gasteiger partial charge on any atom is 0.441 e. The average Bonchev–Trinajstić information content (AvgIpc) is 1.84. The second-order valence-corrected chi connectivity index (χ2v) is 3.01. The molecule has 0 heterocycles. The molecule has 0 aromatic heterocycles. The first-order valence-corrected chi connectivity index (χ1v) is 4.30. The molecule has 0 unspecified atom stereocenters. The van der Waals surface area contributed by atoms with Crippen LogP contribution in [0, 0.1) is 0 Å².